The van der Waals surface area contributed by atoms with Gasteiger partial charge in [0, 0.05) is 0 Å². The molecule has 2 N–H and O–H groups in total. The van der Waals surface area contributed by atoms with E-state index in [4.69, 9.17) is 0 Å². The van der Waals surface area contributed by atoms with Gasteiger partial charge in [0.1, 0.15) is 6.33 Å². The fourth-order valence-electron chi connectivity index (χ4n) is 1.04. The van der Waals surface area contributed by atoms with Gasteiger partial charge in [-0.25, -0.2) is 13.1 Å². The van der Waals surface area contributed by atoms with Gasteiger partial charge in [0.05, 0.1) is 4.90 Å². The molecule has 1 aromatic carbocycles. The fraction of sp³-hybridized carbons (Fsp3) is 0. The molecule has 1 heterocycles. The van der Waals surface area contributed by atoms with Crippen LogP contribution in [-0.4, -0.2) is 23.6 Å². The Morgan fingerprint density at radius 1 is 1.20 bits per heavy atom. The molecule has 0 radical (unpaired) electrons. The third-order valence-corrected chi connectivity index (χ3v) is 3.04. The molecule has 0 fully saturated rings. The Bertz CT molecular complexity index is 521. The Kier molecular flexibility index (Phi) is 2.38. The van der Waals surface area contributed by atoms with Crippen LogP contribution in [0.3, 0.4) is 0 Å². The molecule has 0 aliphatic heterocycles. The quantitative estimate of drug-likeness (QED) is 0.799. The van der Waals surface area contributed by atoms with Crippen LogP contribution >= 0.6 is 0 Å². The average Bonchev–Trinajstić information content (AvgIpc) is 2.71. The number of aromatic amines is 1. The molecule has 0 aliphatic rings. The lowest BCUT2D eigenvalue weighted by Gasteiger charge is -2.03. The highest BCUT2D eigenvalue weighted by Gasteiger charge is 2.14. The summed E-state index contributed by atoms with van der Waals surface area (Å²) in [6.07, 6.45) is 1.29. The zero-order valence-corrected chi connectivity index (χ0v) is 8.40. The molecule has 0 unspecified atom stereocenters. The molecule has 2 aromatic rings. The van der Waals surface area contributed by atoms with Crippen LogP contribution in [0.15, 0.2) is 41.6 Å². The van der Waals surface area contributed by atoms with Crippen LogP contribution < -0.4 is 4.72 Å². The van der Waals surface area contributed by atoms with E-state index < -0.39 is 10.0 Å². The van der Waals surface area contributed by atoms with E-state index in [1.165, 1.54) is 18.5 Å². The maximum Gasteiger partial charge on any atom is 0.264 e. The molecule has 6 nitrogen and oxygen atoms in total. The first-order valence-electron chi connectivity index (χ1n) is 4.12. The maximum atomic E-state index is 11.7. The number of nitrogens with one attached hydrogen (secondary N) is 2. The summed E-state index contributed by atoms with van der Waals surface area (Å²) in [5.74, 6) is 0.0267. The standard InChI is InChI=1S/C8H8N4O2S/c13-15(14,7-4-2-1-3-5-7)12-8-9-6-10-11-8/h1-6H,(H2,9,10,11,12). The smallest absolute Gasteiger partial charge is 0.264 e. The van der Waals surface area contributed by atoms with E-state index in [-0.39, 0.29) is 10.8 Å². The molecule has 0 spiro atoms. The number of aromatic nitrogens is 3. The molecular weight excluding hydrogens is 216 g/mol. The van der Waals surface area contributed by atoms with Crippen LogP contribution in [-0.2, 0) is 10.0 Å². The van der Waals surface area contributed by atoms with Crippen LogP contribution in [0.5, 0.6) is 0 Å². The summed E-state index contributed by atoms with van der Waals surface area (Å²) in [5, 5.41) is 6.02. The first kappa shape index (κ1) is 9.66. The van der Waals surface area contributed by atoms with Crippen LogP contribution in [0.2, 0.25) is 0 Å². The van der Waals surface area contributed by atoms with E-state index in [0.717, 1.165) is 0 Å². The summed E-state index contributed by atoms with van der Waals surface area (Å²) >= 11 is 0. The molecule has 2 rings (SSSR count). The Morgan fingerprint density at radius 3 is 2.53 bits per heavy atom. The Hall–Kier alpha value is -1.89. The lowest BCUT2D eigenvalue weighted by Crippen LogP contribution is -2.13. The predicted molar refractivity (Wildman–Crippen MR) is 53.6 cm³/mol. The van der Waals surface area contributed by atoms with Gasteiger partial charge in [0.25, 0.3) is 16.0 Å². The highest BCUT2D eigenvalue weighted by molar-refractivity contribution is 7.92. The van der Waals surface area contributed by atoms with Crippen molar-refractivity contribution in [1.29, 1.82) is 0 Å². The van der Waals surface area contributed by atoms with Crippen molar-refractivity contribution in [3.05, 3.63) is 36.7 Å². The number of nitrogens with zero attached hydrogens (tertiary/aromatic N) is 2. The minimum absolute atomic E-state index is 0.0267. The van der Waals surface area contributed by atoms with E-state index in [0.29, 0.717) is 0 Å². The van der Waals surface area contributed by atoms with Gasteiger partial charge in [-0.1, -0.05) is 18.2 Å². The minimum Gasteiger partial charge on any atom is -0.264 e. The zero-order valence-electron chi connectivity index (χ0n) is 7.58. The van der Waals surface area contributed by atoms with Crippen molar-refractivity contribution in [2.75, 3.05) is 4.72 Å². The van der Waals surface area contributed by atoms with Crippen LogP contribution in [0.4, 0.5) is 5.95 Å². The maximum absolute atomic E-state index is 11.7. The monoisotopic (exact) mass is 224 g/mol. The van der Waals surface area contributed by atoms with Gasteiger partial charge in [-0.15, -0.1) is 5.10 Å². The van der Waals surface area contributed by atoms with E-state index in [9.17, 15) is 8.42 Å². The van der Waals surface area contributed by atoms with Gasteiger partial charge in [-0.3, -0.25) is 5.10 Å². The highest BCUT2D eigenvalue weighted by atomic mass is 32.2. The first-order valence-corrected chi connectivity index (χ1v) is 5.60. The third kappa shape index (κ3) is 2.13. The Labute approximate surface area is 86.4 Å². The molecule has 0 saturated heterocycles. The van der Waals surface area contributed by atoms with Gasteiger partial charge in [-0.05, 0) is 12.1 Å². The number of hydrogen-bond acceptors (Lipinski definition) is 4. The van der Waals surface area contributed by atoms with Gasteiger partial charge in [-0.2, -0.15) is 4.98 Å². The average molecular weight is 224 g/mol. The highest BCUT2D eigenvalue weighted by Crippen LogP contribution is 2.10. The van der Waals surface area contributed by atoms with Crippen molar-refractivity contribution in [1.82, 2.24) is 15.2 Å². The SMILES string of the molecule is O=S(=O)(Nc1nc[nH]n1)c1ccccc1. The normalized spacial score (nSPS) is 11.2. The minimum atomic E-state index is -3.58. The summed E-state index contributed by atoms with van der Waals surface area (Å²) in [6.45, 7) is 0. The second-order valence-electron chi connectivity index (χ2n) is 2.74. The largest absolute Gasteiger partial charge is 0.264 e. The third-order valence-electron chi connectivity index (χ3n) is 1.69. The van der Waals surface area contributed by atoms with Crippen LogP contribution in [0, 0.1) is 0 Å². The fourth-order valence-corrected chi connectivity index (χ4v) is 2.01. The molecule has 78 valence electrons. The summed E-state index contributed by atoms with van der Waals surface area (Å²) < 4.78 is 25.6. The topological polar surface area (TPSA) is 87.7 Å². The van der Waals surface area contributed by atoms with Gasteiger partial charge < -0.3 is 0 Å². The first-order chi connectivity index (χ1) is 7.18. The van der Waals surface area contributed by atoms with Crippen LogP contribution in [0.25, 0.3) is 0 Å². The van der Waals surface area contributed by atoms with Crippen molar-refractivity contribution in [2.45, 2.75) is 4.90 Å². The molecule has 0 atom stereocenters. The van der Waals surface area contributed by atoms with E-state index in [2.05, 4.69) is 19.9 Å². The molecule has 0 amide bonds. The molecule has 0 bridgehead atoms. The number of H-pyrrole nitrogens is 1. The molecule has 7 heteroatoms. The predicted octanol–water partition coefficient (Wildman–Crippen LogP) is 0.605. The lowest BCUT2D eigenvalue weighted by atomic mass is 10.4. The second kappa shape index (κ2) is 3.70. The van der Waals surface area contributed by atoms with E-state index in [1.54, 1.807) is 18.2 Å². The molecule has 0 saturated carbocycles. The van der Waals surface area contributed by atoms with Gasteiger partial charge in [0.15, 0.2) is 0 Å². The summed E-state index contributed by atoms with van der Waals surface area (Å²) in [7, 11) is -3.58. The van der Waals surface area contributed by atoms with E-state index >= 15 is 0 Å². The molecule has 0 aliphatic carbocycles. The lowest BCUT2D eigenvalue weighted by molar-refractivity contribution is 0.601. The zero-order chi connectivity index (χ0) is 10.7. The van der Waals surface area contributed by atoms with Gasteiger partial charge >= 0.3 is 0 Å². The number of benzene rings is 1. The summed E-state index contributed by atoms with van der Waals surface area (Å²) in [5.41, 5.74) is 0. The number of rotatable bonds is 3. The Balaban J connectivity index is 2.29. The molecule has 1 aromatic heterocycles. The Morgan fingerprint density at radius 2 is 1.93 bits per heavy atom. The number of anilines is 1. The van der Waals surface area contributed by atoms with Crippen molar-refractivity contribution in [3.63, 3.8) is 0 Å². The molecular formula is C8H8N4O2S. The second-order valence-corrected chi connectivity index (χ2v) is 4.42. The van der Waals surface area contributed by atoms with Crippen molar-refractivity contribution in [2.24, 2.45) is 0 Å². The van der Waals surface area contributed by atoms with Crippen molar-refractivity contribution >= 4 is 16.0 Å². The summed E-state index contributed by atoms with van der Waals surface area (Å²) in [4.78, 5) is 3.85. The summed E-state index contributed by atoms with van der Waals surface area (Å²) in [6, 6.07) is 8.02. The molecule has 15 heavy (non-hydrogen) atoms. The number of sulfonamides is 1. The van der Waals surface area contributed by atoms with Crippen molar-refractivity contribution in [3.8, 4) is 0 Å². The number of hydrogen-bond donors (Lipinski definition) is 2. The van der Waals surface area contributed by atoms with Gasteiger partial charge in [0.2, 0.25) is 0 Å². The van der Waals surface area contributed by atoms with Crippen LogP contribution in [0.1, 0.15) is 0 Å². The van der Waals surface area contributed by atoms with E-state index in [1.807, 2.05) is 0 Å². The van der Waals surface area contributed by atoms with Crippen molar-refractivity contribution < 1.29 is 8.42 Å².